The van der Waals surface area contributed by atoms with Gasteiger partial charge < -0.3 is 0 Å². The van der Waals surface area contributed by atoms with E-state index in [-0.39, 0.29) is 0 Å². The molecule has 51 heavy (non-hydrogen) atoms. The van der Waals surface area contributed by atoms with E-state index in [1.54, 1.807) is 0 Å². The molecule has 1 aromatic heterocycles. The lowest BCUT2D eigenvalue weighted by Crippen LogP contribution is -2.04. The fourth-order valence-electron chi connectivity index (χ4n) is 6.21. The number of benzene rings is 7. The van der Waals surface area contributed by atoms with Gasteiger partial charge in [-0.2, -0.15) is 0 Å². The van der Waals surface area contributed by atoms with Crippen LogP contribution in [0.4, 0.5) is 0 Å². The molecule has 0 fully saturated rings. The predicted molar refractivity (Wildman–Crippen MR) is 213 cm³/mol. The minimum atomic E-state index is 0.563. The summed E-state index contributed by atoms with van der Waals surface area (Å²) in [5, 5.41) is 0. The van der Waals surface area contributed by atoms with Gasteiger partial charge in [-0.25, -0.2) is 15.0 Å². The molecule has 0 unspecified atom stereocenters. The first kappa shape index (κ1) is 33.1. The second kappa shape index (κ2) is 15.8. The van der Waals surface area contributed by atoms with E-state index in [4.69, 9.17) is 15.0 Å². The Morgan fingerprint density at radius 1 is 0.294 bits per heavy atom. The summed E-state index contributed by atoms with van der Waals surface area (Å²) in [7, 11) is 0. The van der Waals surface area contributed by atoms with Gasteiger partial charge >= 0.3 is 0 Å². The lowest BCUT2D eigenvalue weighted by Gasteiger charge is -2.13. The molecule has 0 saturated carbocycles. The Bertz CT molecular complexity index is 2140. The monoisotopic (exact) mass is 657 g/mol. The highest BCUT2D eigenvalue weighted by molar-refractivity contribution is 5.78. The van der Waals surface area contributed by atoms with E-state index in [1.807, 2.05) is 74.5 Å². The van der Waals surface area contributed by atoms with Gasteiger partial charge in [-0.05, 0) is 56.1 Å². The summed E-state index contributed by atoms with van der Waals surface area (Å²) in [5.41, 5.74) is 12.5. The molecule has 0 saturated heterocycles. The lowest BCUT2D eigenvalue weighted by molar-refractivity contribution is 0.933. The van der Waals surface area contributed by atoms with Gasteiger partial charge in [0.25, 0.3) is 0 Å². The van der Waals surface area contributed by atoms with Crippen molar-refractivity contribution in [2.24, 2.45) is 0 Å². The second-order valence-corrected chi connectivity index (χ2v) is 12.1. The predicted octanol–water partition coefficient (Wildman–Crippen LogP) is 12.5. The van der Waals surface area contributed by atoms with Gasteiger partial charge in [0.2, 0.25) is 0 Å². The summed E-state index contributed by atoms with van der Waals surface area (Å²) in [6.07, 6.45) is 0.563. The lowest BCUT2D eigenvalue weighted by atomic mass is 9.93. The Kier molecular flexibility index (Phi) is 10.3. The molecule has 0 aliphatic heterocycles. The quantitative estimate of drug-likeness (QED) is 0.163. The summed E-state index contributed by atoms with van der Waals surface area (Å²) in [6.45, 7) is 4.00. The molecule has 246 valence electrons. The second-order valence-electron chi connectivity index (χ2n) is 12.1. The van der Waals surface area contributed by atoms with Gasteiger partial charge in [0, 0.05) is 17.5 Å². The van der Waals surface area contributed by atoms with Crippen molar-refractivity contribution in [2.45, 2.75) is 20.3 Å². The summed E-state index contributed by atoms with van der Waals surface area (Å²) in [5.74, 6) is 2.08. The molecule has 1 heterocycles. The van der Waals surface area contributed by atoms with Crippen LogP contribution in [-0.2, 0) is 6.42 Å². The molecule has 0 radical (unpaired) electrons. The Morgan fingerprint density at radius 3 is 0.941 bits per heavy atom. The summed E-state index contributed by atoms with van der Waals surface area (Å²) < 4.78 is 0. The summed E-state index contributed by atoms with van der Waals surface area (Å²) in [4.78, 5) is 14.9. The Morgan fingerprint density at radius 2 is 0.588 bits per heavy atom. The third-order valence-corrected chi connectivity index (χ3v) is 8.75. The van der Waals surface area contributed by atoms with Crippen LogP contribution >= 0.6 is 0 Å². The zero-order valence-electron chi connectivity index (χ0n) is 28.9. The average molecular weight is 658 g/mol. The molecule has 8 aromatic rings. The largest absolute Gasteiger partial charge is 0.213 e. The number of rotatable bonds is 8. The van der Waals surface area contributed by atoms with Crippen LogP contribution in [0.1, 0.15) is 25.2 Å². The number of nitrogens with zero attached hydrogens (tertiary/aromatic N) is 3. The van der Waals surface area contributed by atoms with Crippen molar-refractivity contribution < 1.29 is 0 Å². The standard InChI is InChI=1S/C46H33N3.C2H6/c1-5-13-34(14-6-1)36-21-25-38(26-22-36)42-29-33(30-43(32-42)39-27-23-37(24-28-39)35-15-7-2-8-16-35)31-44-47-45(40-17-9-3-10-18-40)49-46(48-44)41-19-11-4-12-20-41;1-2/h1-30,32H,31H2;1-2H3. The van der Waals surface area contributed by atoms with Gasteiger partial charge in [-0.1, -0.05) is 196 Å². The van der Waals surface area contributed by atoms with Crippen molar-refractivity contribution in [2.75, 3.05) is 0 Å². The topological polar surface area (TPSA) is 38.7 Å². The first-order valence-corrected chi connectivity index (χ1v) is 17.6. The minimum Gasteiger partial charge on any atom is -0.213 e. The molecule has 3 heteroatoms. The maximum absolute atomic E-state index is 5.00. The van der Waals surface area contributed by atoms with Crippen molar-refractivity contribution in [1.29, 1.82) is 0 Å². The zero-order chi connectivity index (χ0) is 34.8. The van der Waals surface area contributed by atoms with Gasteiger partial charge in [-0.15, -0.1) is 0 Å². The molecule has 0 atom stereocenters. The normalized spacial score (nSPS) is 10.6. The van der Waals surface area contributed by atoms with E-state index < -0.39 is 0 Å². The molecule has 8 rings (SSSR count). The molecule has 0 aliphatic carbocycles. The third-order valence-electron chi connectivity index (χ3n) is 8.75. The fourth-order valence-corrected chi connectivity index (χ4v) is 6.21. The van der Waals surface area contributed by atoms with E-state index in [9.17, 15) is 0 Å². The molecular weight excluding hydrogens is 619 g/mol. The Labute approximate surface area is 301 Å². The van der Waals surface area contributed by atoms with Gasteiger partial charge in [0.1, 0.15) is 5.82 Å². The highest BCUT2D eigenvalue weighted by Crippen LogP contribution is 2.32. The molecule has 7 aromatic carbocycles. The SMILES string of the molecule is CC.c1ccc(-c2ccc(-c3cc(Cc4nc(-c5ccccc5)nc(-c5ccccc5)n4)cc(-c4ccc(-c5ccccc5)cc4)c3)cc2)cc1. The van der Waals surface area contributed by atoms with E-state index >= 15 is 0 Å². The number of hydrogen-bond donors (Lipinski definition) is 0. The molecule has 0 aliphatic rings. The first-order chi connectivity index (χ1) is 25.2. The highest BCUT2D eigenvalue weighted by atomic mass is 15.0. The molecular formula is C48H39N3. The Hall–Kier alpha value is -6.45. The van der Waals surface area contributed by atoms with E-state index in [0.717, 1.165) is 44.8 Å². The third kappa shape index (κ3) is 7.90. The van der Waals surface area contributed by atoms with Crippen LogP contribution in [0.15, 0.2) is 188 Å². The van der Waals surface area contributed by atoms with Crippen molar-refractivity contribution >= 4 is 0 Å². The van der Waals surface area contributed by atoms with Crippen LogP contribution in [0.25, 0.3) is 67.3 Å². The number of hydrogen-bond acceptors (Lipinski definition) is 3. The molecule has 0 bridgehead atoms. The van der Waals surface area contributed by atoms with Crippen LogP contribution in [0.3, 0.4) is 0 Å². The Balaban J connectivity index is 0.00000200. The summed E-state index contributed by atoms with van der Waals surface area (Å²) >= 11 is 0. The van der Waals surface area contributed by atoms with E-state index in [2.05, 4.69) is 127 Å². The van der Waals surface area contributed by atoms with Gasteiger partial charge in [-0.3, -0.25) is 0 Å². The molecule has 0 spiro atoms. The van der Waals surface area contributed by atoms with Crippen molar-refractivity contribution in [3.63, 3.8) is 0 Å². The van der Waals surface area contributed by atoms with Crippen LogP contribution in [-0.4, -0.2) is 15.0 Å². The molecule has 0 N–H and O–H groups in total. The smallest absolute Gasteiger partial charge is 0.163 e. The summed E-state index contributed by atoms with van der Waals surface area (Å²) in [6, 6.07) is 65.8. The van der Waals surface area contributed by atoms with Crippen LogP contribution in [0.2, 0.25) is 0 Å². The van der Waals surface area contributed by atoms with Gasteiger partial charge in [0.15, 0.2) is 11.6 Å². The van der Waals surface area contributed by atoms with Crippen molar-refractivity contribution in [1.82, 2.24) is 15.0 Å². The van der Waals surface area contributed by atoms with Crippen LogP contribution < -0.4 is 0 Å². The highest BCUT2D eigenvalue weighted by Gasteiger charge is 2.13. The van der Waals surface area contributed by atoms with Crippen molar-refractivity contribution in [3.8, 4) is 67.3 Å². The van der Waals surface area contributed by atoms with Gasteiger partial charge in [0.05, 0.1) is 0 Å². The molecule has 3 nitrogen and oxygen atoms in total. The fraction of sp³-hybridized carbons (Fsp3) is 0.0625. The van der Waals surface area contributed by atoms with Crippen LogP contribution in [0, 0.1) is 0 Å². The van der Waals surface area contributed by atoms with E-state index in [0.29, 0.717) is 18.1 Å². The average Bonchev–Trinajstić information content (AvgIpc) is 3.23. The maximum atomic E-state index is 5.00. The van der Waals surface area contributed by atoms with Crippen LogP contribution in [0.5, 0.6) is 0 Å². The first-order valence-electron chi connectivity index (χ1n) is 17.6. The maximum Gasteiger partial charge on any atom is 0.163 e. The minimum absolute atomic E-state index is 0.563. The van der Waals surface area contributed by atoms with E-state index in [1.165, 1.54) is 22.3 Å². The van der Waals surface area contributed by atoms with Crippen molar-refractivity contribution in [3.05, 3.63) is 199 Å². The number of aromatic nitrogens is 3. The molecule has 0 amide bonds. The zero-order valence-corrected chi connectivity index (χ0v) is 28.9.